The molecule has 0 aromatic heterocycles. The third-order valence-electron chi connectivity index (χ3n) is 2.93. The molecule has 0 aliphatic carbocycles. The standard InChI is InChI=1S/C11H20N2O2/c1-2-10-8-11(9-12,4-7-15-10)13-5-3-6-14/h10,13-14H,2-8H2,1H3. The number of hydrogen-bond acceptors (Lipinski definition) is 4. The molecule has 1 aliphatic rings. The van der Waals surface area contributed by atoms with Gasteiger partial charge in [-0.15, -0.1) is 0 Å². The summed E-state index contributed by atoms with van der Waals surface area (Å²) in [7, 11) is 0. The molecule has 2 N–H and O–H groups in total. The lowest BCUT2D eigenvalue weighted by atomic mass is 9.87. The highest BCUT2D eigenvalue weighted by molar-refractivity contribution is 5.09. The molecule has 1 aliphatic heterocycles. The van der Waals surface area contributed by atoms with Crippen LogP contribution in [0.5, 0.6) is 0 Å². The first-order chi connectivity index (χ1) is 7.26. The van der Waals surface area contributed by atoms with Gasteiger partial charge in [0.1, 0.15) is 5.54 Å². The van der Waals surface area contributed by atoms with E-state index in [1.165, 1.54) is 0 Å². The summed E-state index contributed by atoms with van der Waals surface area (Å²) in [6, 6.07) is 2.37. The first kappa shape index (κ1) is 12.4. The van der Waals surface area contributed by atoms with Crippen molar-refractivity contribution >= 4 is 0 Å². The van der Waals surface area contributed by atoms with Crippen LogP contribution in [0.15, 0.2) is 0 Å². The zero-order valence-corrected chi connectivity index (χ0v) is 9.33. The lowest BCUT2D eigenvalue weighted by Gasteiger charge is -2.36. The largest absolute Gasteiger partial charge is 0.396 e. The molecule has 1 heterocycles. The topological polar surface area (TPSA) is 65.3 Å². The molecule has 2 unspecified atom stereocenters. The zero-order chi connectivity index (χ0) is 11.1. The maximum Gasteiger partial charge on any atom is 0.111 e. The second kappa shape index (κ2) is 6.06. The Morgan fingerprint density at radius 3 is 3.07 bits per heavy atom. The van der Waals surface area contributed by atoms with Gasteiger partial charge >= 0.3 is 0 Å². The van der Waals surface area contributed by atoms with Crippen molar-refractivity contribution in [3.63, 3.8) is 0 Å². The Bertz CT molecular complexity index is 227. The predicted octanol–water partition coefficient (Wildman–Crippen LogP) is 0.810. The minimum atomic E-state index is -0.436. The molecule has 1 saturated heterocycles. The van der Waals surface area contributed by atoms with Crippen LogP contribution in [-0.4, -0.2) is 36.5 Å². The first-order valence-corrected chi connectivity index (χ1v) is 5.65. The molecule has 86 valence electrons. The van der Waals surface area contributed by atoms with Gasteiger partial charge < -0.3 is 9.84 Å². The number of nitrogens with one attached hydrogen (secondary N) is 1. The van der Waals surface area contributed by atoms with E-state index in [2.05, 4.69) is 18.3 Å². The Balaban J connectivity index is 2.48. The molecular formula is C11H20N2O2. The van der Waals surface area contributed by atoms with Gasteiger partial charge in [-0.3, -0.25) is 5.32 Å². The summed E-state index contributed by atoms with van der Waals surface area (Å²) in [5.74, 6) is 0. The highest BCUT2D eigenvalue weighted by Crippen LogP contribution is 2.25. The van der Waals surface area contributed by atoms with Crippen molar-refractivity contribution < 1.29 is 9.84 Å². The summed E-state index contributed by atoms with van der Waals surface area (Å²) in [6.45, 7) is 3.59. The number of ether oxygens (including phenoxy) is 1. The van der Waals surface area contributed by atoms with Crippen LogP contribution in [0.4, 0.5) is 0 Å². The first-order valence-electron chi connectivity index (χ1n) is 5.65. The van der Waals surface area contributed by atoms with Crippen LogP contribution < -0.4 is 5.32 Å². The average Bonchev–Trinajstić information content (AvgIpc) is 2.30. The summed E-state index contributed by atoms with van der Waals surface area (Å²) < 4.78 is 5.55. The molecule has 2 atom stereocenters. The maximum atomic E-state index is 9.22. The molecule has 4 nitrogen and oxygen atoms in total. The predicted molar refractivity (Wildman–Crippen MR) is 57.3 cm³/mol. The van der Waals surface area contributed by atoms with Crippen LogP contribution >= 0.6 is 0 Å². The van der Waals surface area contributed by atoms with Crippen molar-refractivity contribution in [2.75, 3.05) is 19.8 Å². The van der Waals surface area contributed by atoms with Gasteiger partial charge in [-0.05, 0) is 19.4 Å². The van der Waals surface area contributed by atoms with Crippen molar-refractivity contribution in [1.29, 1.82) is 5.26 Å². The Labute approximate surface area is 91.2 Å². The summed E-state index contributed by atoms with van der Waals surface area (Å²) in [5, 5.41) is 21.2. The second-order valence-corrected chi connectivity index (χ2v) is 4.05. The van der Waals surface area contributed by atoms with E-state index in [9.17, 15) is 5.26 Å². The van der Waals surface area contributed by atoms with E-state index in [1.807, 2.05) is 0 Å². The minimum Gasteiger partial charge on any atom is -0.396 e. The SMILES string of the molecule is CCC1CC(C#N)(NCCCO)CCO1. The molecule has 1 rings (SSSR count). The van der Waals surface area contributed by atoms with Gasteiger partial charge in [-0.2, -0.15) is 5.26 Å². The van der Waals surface area contributed by atoms with Gasteiger partial charge in [-0.1, -0.05) is 6.92 Å². The zero-order valence-electron chi connectivity index (χ0n) is 9.33. The number of aliphatic hydroxyl groups excluding tert-OH is 1. The summed E-state index contributed by atoms with van der Waals surface area (Å²) in [5.41, 5.74) is -0.436. The Kier molecular flexibility index (Phi) is 5.03. The summed E-state index contributed by atoms with van der Waals surface area (Å²) in [4.78, 5) is 0. The smallest absolute Gasteiger partial charge is 0.111 e. The second-order valence-electron chi connectivity index (χ2n) is 4.05. The Morgan fingerprint density at radius 2 is 2.47 bits per heavy atom. The third-order valence-corrected chi connectivity index (χ3v) is 2.93. The van der Waals surface area contributed by atoms with Crippen molar-refractivity contribution in [2.24, 2.45) is 0 Å². The lowest BCUT2D eigenvalue weighted by molar-refractivity contribution is -0.0159. The molecule has 0 radical (unpaired) electrons. The maximum absolute atomic E-state index is 9.22. The molecule has 0 bridgehead atoms. The number of hydrogen-bond donors (Lipinski definition) is 2. The fraction of sp³-hybridized carbons (Fsp3) is 0.909. The van der Waals surface area contributed by atoms with Crippen LogP contribution in [0.2, 0.25) is 0 Å². The van der Waals surface area contributed by atoms with E-state index < -0.39 is 5.54 Å². The Hall–Kier alpha value is -0.630. The molecule has 0 aromatic carbocycles. The quantitative estimate of drug-likeness (QED) is 0.662. The van der Waals surface area contributed by atoms with Crippen LogP contribution in [0.3, 0.4) is 0 Å². The van der Waals surface area contributed by atoms with Gasteiger partial charge in [0.2, 0.25) is 0 Å². The van der Waals surface area contributed by atoms with Crippen LogP contribution in [0, 0.1) is 11.3 Å². The molecule has 1 fully saturated rings. The molecule has 0 amide bonds. The normalized spacial score (nSPS) is 31.1. The highest BCUT2D eigenvalue weighted by Gasteiger charge is 2.35. The molecule has 0 spiro atoms. The van der Waals surface area contributed by atoms with E-state index in [0.717, 1.165) is 19.3 Å². The number of rotatable bonds is 5. The van der Waals surface area contributed by atoms with Gasteiger partial charge in [0.25, 0.3) is 0 Å². The summed E-state index contributed by atoms with van der Waals surface area (Å²) >= 11 is 0. The van der Waals surface area contributed by atoms with Crippen molar-refractivity contribution in [3.05, 3.63) is 0 Å². The molecular weight excluding hydrogens is 192 g/mol. The monoisotopic (exact) mass is 212 g/mol. The number of nitriles is 1. The van der Waals surface area contributed by atoms with E-state index in [-0.39, 0.29) is 12.7 Å². The van der Waals surface area contributed by atoms with E-state index in [1.54, 1.807) is 0 Å². The third kappa shape index (κ3) is 3.45. The van der Waals surface area contributed by atoms with Gasteiger partial charge in [0, 0.05) is 26.1 Å². The number of nitrogens with zero attached hydrogens (tertiary/aromatic N) is 1. The Morgan fingerprint density at radius 1 is 1.67 bits per heavy atom. The highest BCUT2D eigenvalue weighted by atomic mass is 16.5. The van der Waals surface area contributed by atoms with Crippen LogP contribution in [0.1, 0.15) is 32.6 Å². The fourth-order valence-corrected chi connectivity index (χ4v) is 1.92. The van der Waals surface area contributed by atoms with E-state index >= 15 is 0 Å². The molecule has 0 saturated carbocycles. The minimum absolute atomic E-state index is 0.169. The number of aliphatic hydroxyl groups is 1. The van der Waals surface area contributed by atoms with Gasteiger partial charge in [0.05, 0.1) is 12.2 Å². The molecule has 4 heteroatoms. The lowest BCUT2D eigenvalue weighted by Crippen LogP contribution is -2.51. The summed E-state index contributed by atoms with van der Waals surface area (Å²) in [6.07, 6.45) is 3.34. The molecule has 15 heavy (non-hydrogen) atoms. The van der Waals surface area contributed by atoms with Gasteiger partial charge in [-0.25, -0.2) is 0 Å². The van der Waals surface area contributed by atoms with Crippen molar-refractivity contribution in [3.8, 4) is 6.07 Å². The van der Waals surface area contributed by atoms with Crippen LogP contribution in [-0.2, 0) is 4.74 Å². The van der Waals surface area contributed by atoms with Crippen molar-refractivity contribution in [2.45, 2.75) is 44.2 Å². The fourth-order valence-electron chi connectivity index (χ4n) is 1.92. The molecule has 0 aromatic rings. The van der Waals surface area contributed by atoms with E-state index in [4.69, 9.17) is 9.84 Å². The van der Waals surface area contributed by atoms with Crippen LogP contribution in [0.25, 0.3) is 0 Å². The average molecular weight is 212 g/mol. The van der Waals surface area contributed by atoms with E-state index in [0.29, 0.717) is 19.6 Å². The van der Waals surface area contributed by atoms with Gasteiger partial charge in [0.15, 0.2) is 0 Å². The van der Waals surface area contributed by atoms with Crippen molar-refractivity contribution in [1.82, 2.24) is 5.32 Å².